The quantitative estimate of drug-likeness (QED) is 0.848. The number of amides is 2. The predicted molar refractivity (Wildman–Crippen MR) is 89.6 cm³/mol. The Morgan fingerprint density at radius 2 is 1.95 bits per heavy atom. The minimum atomic E-state index is 0.0386. The predicted octanol–water partition coefficient (Wildman–Crippen LogP) is 2.17. The zero-order valence-electron chi connectivity index (χ0n) is 13.9. The normalized spacial score (nSPS) is 15.0. The molecule has 0 radical (unpaired) electrons. The van der Waals surface area contributed by atoms with Gasteiger partial charge < -0.3 is 19.9 Å². The number of ether oxygens (including phenoxy) is 1. The number of methoxy groups -OCH3 is 1. The summed E-state index contributed by atoms with van der Waals surface area (Å²) in [5, 5.41) is 2.95. The van der Waals surface area contributed by atoms with Crippen molar-refractivity contribution in [3.63, 3.8) is 0 Å². The first kappa shape index (κ1) is 16.6. The van der Waals surface area contributed by atoms with Gasteiger partial charge in [-0.05, 0) is 37.5 Å². The van der Waals surface area contributed by atoms with Crippen LogP contribution in [0.1, 0.15) is 17.5 Å². The molecule has 0 aliphatic carbocycles. The van der Waals surface area contributed by atoms with Crippen LogP contribution in [0.25, 0.3) is 0 Å². The molecule has 0 aromatic heterocycles. The van der Waals surface area contributed by atoms with Crippen molar-refractivity contribution in [2.75, 3.05) is 51.3 Å². The largest absolute Gasteiger partial charge is 0.385 e. The van der Waals surface area contributed by atoms with E-state index in [-0.39, 0.29) is 6.03 Å². The average molecular weight is 305 g/mol. The molecule has 1 fully saturated rings. The van der Waals surface area contributed by atoms with Gasteiger partial charge in [0.1, 0.15) is 0 Å². The molecule has 5 heteroatoms. The molecule has 1 aliphatic heterocycles. The fourth-order valence-corrected chi connectivity index (χ4v) is 2.73. The highest BCUT2D eigenvalue weighted by Crippen LogP contribution is 2.22. The highest BCUT2D eigenvalue weighted by Gasteiger charge is 2.21. The van der Waals surface area contributed by atoms with Gasteiger partial charge in [-0.15, -0.1) is 0 Å². The number of anilines is 1. The Bertz CT molecular complexity index is 497. The lowest BCUT2D eigenvalue weighted by Gasteiger charge is -2.37. The van der Waals surface area contributed by atoms with E-state index in [4.69, 9.17) is 4.74 Å². The molecule has 1 aromatic rings. The maximum absolute atomic E-state index is 12.1. The third-order valence-electron chi connectivity index (χ3n) is 4.07. The molecule has 1 aromatic carbocycles. The van der Waals surface area contributed by atoms with Gasteiger partial charge in [0.05, 0.1) is 0 Å². The van der Waals surface area contributed by atoms with E-state index in [0.717, 1.165) is 32.6 Å². The molecule has 22 heavy (non-hydrogen) atoms. The summed E-state index contributed by atoms with van der Waals surface area (Å²) in [6, 6.07) is 6.58. The summed E-state index contributed by atoms with van der Waals surface area (Å²) in [6.45, 7) is 8.92. The number of piperazine rings is 1. The summed E-state index contributed by atoms with van der Waals surface area (Å²) in [5.41, 5.74) is 3.86. The first-order valence-corrected chi connectivity index (χ1v) is 7.95. The molecule has 2 amide bonds. The lowest BCUT2D eigenvalue weighted by atomic mass is 10.1. The molecule has 1 heterocycles. The summed E-state index contributed by atoms with van der Waals surface area (Å²) < 4.78 is 4.98. The Kier molecular flexibility index (Phi) is 6.07. The molecule has 5 nitrogen and oxygen atoms in total. The van der Waals surface area contributed by atoms with E-state index >= 15 is 0 Å². The minimum Gasteiger partial charge on any atom is -0.385 e. The number of hydrogen-bond acceptors (Lipinski definition) is 3. The van der Waals surface area contributed by atoms with E-state index in [1.54, 1.807) is 7.11 Å². The van der Waals surface area contributed by atoms with Crippen molar-refractivity contribution in [3.8, 4) is 0 Å². The molecule has 2 rings (SSSR count). The SMILES string of the molecule is COCCCNC(=O)N1CCN(c2cc(C)ccc2C)CC1. The second kappa shape index (κ2) is 8.03. The average Bonchev–Trinajstić information content (AvgIpc) is 2.54. The third kappa shape index (κ3) is 4.37. The number of rotatable bonds is 5. The van der Waals surface area contributed by atoms with Gasteiger partial charge in [-0.1, -0.05) is 12.1 Å². The van der Waals surface area contributed by atoms with Crippen LogP contribution in [-0.2, 0) is 4.74 Å². The van der Waals surface area contributed by atoms with Gasteiger partial charge in [0.2, 0.25) is 0 Å². The van der Waals surface area contributed by atoms with Crippen molar-refractivity contribution in [1.82, 2.24) is 10.2 Å². The van der Waals surface area contributed by atoms with Gasteiger partial charge >= 0.3 is 6.03 Å². The first-order chi connectivity index (χ1) is 10.6. The van der Waals surface area contributed by atoms with Crippen LogP contribution in [0.4, 0.5) is 10.5 Å². The molecule has 0 spiro atoms. The van der Waals surface area contributed by atoms with Crippen LogP contribution in [0.2, 0.25) is 0 Å². The molecule has 0 atom stereocenters. The number of carbonyl (C=O) groups is 1. The standard InChI is InChI=1S/C17H27N3O2/c1-14-5-6-15(2)16(13-14)19-8-10-20(11-9-19)17(21)18-7-4-12-22-3/h5-6,13H,4,7-12H2,1-3H3,(H,18,21). The summed E-state index contributed by atoms with van der Waals surface area (Å²) in [4.78, 5) is 16.4. The second-order valence-corrected chi connectivity index (χ2v) is 5.84. The van der Waals surface area contributed by atoms with Crippen LogP contribution in [0.5, 0.6) is 0 Å². The minimum absolute atomic E-state index is 0.0386. The van der Waals surface area contributed by atoms with E-state index < -0.39 is 0 Å². The van der Waals surface area contributed by atoms with Gasteiger partial charge in [-0.25, -0.2) is 4.79 Å². The molecule has 1 N–H and O–H groups in total. The third-order valence-corrected chi connectivity index (χ3v) is 4.07. The topological polar surface area (TPSA) is 44.8 Å². The molecule has 0 bridgehead atoms. The Balaban J connectivity index is 1.82. The van der Waals surface area contributed by atoms with Gasteiger partial charge in [-0.3, -0.25) is 0 Å². The lowest BCUT2D eigenvalue weighted by molar-refractivity contribution is 0.183. The van der Waals surface area contributed by atoms with E-state index in [0.29, 0.717) is 13.2 Å². The summed E-state index contributed by atoms with van der Waals surface area (Å²) in [7, 11) is 1.67. The number of hydrogen-bond donors (Lipinski definition) is 1. The van der Waals surface area contributed by atoms with Gasteiger partial charge in [-0.2, -0.15) is 0 Å². The fourth-order valence-electron chi connectivity index (χ4n) is 2.73. The van der Waals surface area contributed by atoms with Crippen molar-refractivity contribution in [2.24, 2.45) is 0 Å². The number of aryl methyl sites for hydroxylation is 2. The highest BCUT2D eigenvalue weighted by molar-refractivity contribution is 5.74. The number of nitrogens with one attached hydrogen (secondary N) is 1. The number of benzene rings is 1. The van der Waals surface area contributed by atoms with Crippen LogP contribution in [-0.4, -0.2) is 57.4 Å². The monoisotopic (exact) mass is 305 g/mol. The van der Waals surface area contributed by atoms with E-state index in [9.17, 15) is 4.79 Å². The lowest BCUT2D eigenvalue weighted by Crippen LogP contribution is -2.52. The van der Waals surface area contributed by atoms with Crippen molar-refractivity contribution in [3.05, 3.63) is 29.3 Å². The van der Waals surface area contributed by atoms with Crippen LogP contribution >= 0.6 is 0 Å². The molecule has 0 saturated carbocycles. The fraction of sp³-hybridized carbons (Fsp3) is 0.588. The second-order valence-electron chi connectivity index (χ2n) is 5.84. The molecule has 0 unspecified atom stereocenters. The maximum Gasteiger partial charge on any atom is 0.317 e. The smallest absolute Gasteiger partial charge is 0.317 e. The van der Waals surface area contributed by atoms with Crippen LogP contribution < -0.4 is 10.2 Å². The van der Waals surface area contributed by atoms with Gasteiger partial charge in [0.15, 0.2) is 0 Å². The van der Waals surface area contributed by atoms with Crippen molar-refractivity contribution >= 4 is 11.7 Å². The van der Waals surface area contributed by atoms with Crippen LogP contribution in [0.3, 0.4) is 0 Å². The van der Waals surface area contributed by atoms with Gasteiger partial charge in [0, 0.05) is 52.1 Å². The number of urea groups is 1. The van der Waals surface area contributed by atoms with Crippen LogP contribution in [0.15, 0.2) is 18.2 Å². The summed E-state index contributed by atoms with van der Waals surface area (Å²) in [5.74, 6) is 0. The molecular formula is C17H27N3O2. The molecule has 122 valence electrons. The van der Waals surface area contributed by atoms with Crippen molar-refractivity contribution in [2.45, 2.75) is 20.3 Å². The Morgan fingerprint density at radius 3 is 2.64 bits per heavy atom. The number of nitrogens with zero attached hydrogens (tertiary/aromatic N) is 2. The zero-order valence-corrected chi connectivity index (χ0v) is 13.9. The van der Waals surface area contributed by atoms with Crippen LogP contribution in [0, 0.1) is 13.8 Å². The Hall–Kier alpha value is -1.75. The first-order valence-electron chi connectivity index (χ1n) is 7.95. The Morgan fingerprint density at radius 1 is 1.23 bits per heavy atom. The molecule has 1 aliphatic rings. The van der Waals surface area contributed by atoms with Gasteiger partial charge in [0.25, 0.3) is 0 Å². The van der Waals surface area contributed by atoms with E-state index in [1.807, 2.05) is 4.90 Å². The van der Waals surface area contributed by atoms with Crippen molar-refractivity contribution < 1.29 is 9.53 Å². The zero-order chi connectivity index (χ0) is 15.9. The molecule has 1 saturated heterocycles. The maximum atomic E-state index is 12.1. The Labute approximate surface area is 133 Å². The van der Waals surface area contributed by atoms with E-state index in [2.05, 4.69) is 42.3 Å². The molecular weight excluding hydrogens is 278 g/mol. The summed E-state index contributed by atoms with van der Waals surface area (Å²) in [6.07, 6.45) is 0.852. The van der Waals surface area contributed by atoms with Crippen molar-refractivity contribution in [1.29, 1.82) is 0 Å². The summed E-state index contributed by atoms with van der Waals surface area (Å²) >= 11 is 0. The number of carbonyl (C=O) groups excluding carboxylic acids is 1. The highest BCUT2D eigenvalue weighted by atomic mass is 16.5. The van der Waals surface area contributed by atoms with E-state index in [1.165, 1.54) is 16.8 Å².